The van der Waals surface area contributed by atoms with E-state index in [4.69, 9.17) is 5.73 Å². The molecule has 1 aliphatic heterocycles. The molecule has 1 aliphatic carbocycles. The van der Waals surface area contributed by atoms with Crippen LogP contribution in [0.25, 0.3) is 0 Å². The normalized spacial score (nSPS) is 28.4. The van der Waals surface area contributed by atoms with Crippen LogP contribution < -0.4 is 5.73 Å². The zero-order chi connectivity index (χ0) is 12.5. The molecule has 1 saturated heterocycles. The Morgan fingerprint density at radius 1 is 1.41 bits per heavy atom. The number of nitrogens with zero attached hydrogens (tertiary/aromatic N) is 2. The molecule has 0 bridgehead atoms. The average molecular weight is 235 g/mol. The Labute approximate surface area is 105 Å². The van der Waals surface area contributed by atoms with Crippen LogP contribution in [0, 0.1) is 22.7 Å². The van der Waals surface area contributed by atoms with E-state index < -0.39 is 5.54 Å². The van der Waals surface area contributed by atoms with Crippen LogP contribution in [0.15, 0.2) is 0 Å². The third kappa shape index (κ3) is 2.81. The fourth-order valence-corrected chi connectivity index (χ4v) is 2.83. The zero-order valence-electron chi connectivity index (χ0n) is 11.2. The van der Waals surface area contributed by atoms with Crippen LogP contribution in [0.2, 0.25) is 0 Å². The Balaban J connectivity index is 1.87. The molecule has 0 aromatic rings. The molecule has 2 rings (SSSR count). The predicted octanol–water partition coefficient (Wildman–Crippen LogP) is 2.13. The van der Waals surface area contributed by atoms with Crippen molar-refractivity contribution in [2.24, 2.45) is 17.1 Å². The lowest BCUT2D eigenvalue weighted by Crippen LogP contribution is -2.53. The third-order valence-electron chi connectivity index (χ3n) is 4.92. The topological polar surface area (TPSA) is 53.0 Å². The Bertz CT molecular complexity index is 308. The zero-order valence-corrected chi connectivity index (χ0v) is 11.2. The number of rotatable bonds is 4. The van der Waals surface area contributed by atoms with Crippen LogP contribution >= 0.6 is 0 Å². The van der Waals surface area contributed by atoms with Crippen molar-refractivity contribution in [3.8, 4) is 6.07 Å². The summed E-state index contributed by atoms with van der Waals surface area (Å²) in [4.78, 5) is 2.40. The highest BCUT2D eigenvalue weighted by Gasteiger charge is 2.44. The average Bonchev–Trinajstić information content (AvgIpc) is 3.17. The molecule has 1 atom stereocenters. The predicted molar refractivity (Wildman–Crippen MR) is 69.3 cm³/mol. The van der Waals surface area contributed by atoms with Crippen molar-refractivity contribution < 1.29 is 0 Å². The first-order valence-corrected chi connectivity index (χ1v) is 6.94. The summed E-state index contributed by atoms with van der Waals surface area (Å²) in [6.07, 6.45) is 6.04. The van der Waals surface area contributed by atoms with Gasteiger partial charge in [0.2, 0.25) is 0 Å². The van der Waals surface area contributed by atoms with Crippen molar-refractivity contribution in [3.63, 3.8) is 0 Å². The van der Waals surface area contributed by atoms with E-state index in [1.165, 1.54) is 19.3 Å². The van der Waals surface area contributed by atoms with Crippen LogP contribution in [-0.4, -0.2) is 30.1 Å². The molecule has 0 aromatic carbocycles. The van der Waals surface area contributed by atoms with Gasteiger partial charge in [-0.05, 0) is 50.1 Å². The molecule has 0 aromatic heterocycles. The van der Waals surface area contributed by atoms with Crippen LogP contribution in [0.4, 0.5) is 0 Å². The standard InChI is InChI=1S/C14H25N3/c1-3-13(2)6-8-17(9-7-13)11-14(16,10-15)12-4-5-12/h12H,3-9,11,16H2,1-2H3. The molecular formula is C14H25N3. The van der Waals surface area contributed by atoms with Crippen LogP contribution in [-0.2, 0) is 0 Å². The van der Waals surface area contributed by atoms with Gasteiger partial charge in [-0.15, -0.1) is 0 Å². The summed E-state index contributed by atoms with van der Waals surface area (Å²) in [7, 11) is 0. The summed E-state index contributed by atoms with van der Waals surface area (Å²) in [5, 5.41) is 9.27. The second-order valence-corrected chi connectivity index (χ2v) is 6.37. The minimum Gasteiger partial charge on any atom is -0.312 e. The molecule has 3 nitrogen and oxygen atoms in total. The molecule has 1 saturated carbocycles. The third-order valence-corrected chi connectivity index (χ3v) is 4.92. The van der Waals surface area contributed by atoms with Gasteiger partial charge in [0.05, 0.1) is 6.07 Å². The highest BCUT2D eigenvalue weighted by Crippen LogP contribution is 2.40. The van der Waals surface area contributed by atoms with Crippen molar-refractivity contribution in [1.82, 2.24) is 4.90 Å². The number of nitriles is 1. The maximum absolute atomic E-state index is 9.27. The molecule has 2 N–H and O–H groups in total. The Morgan fingerprint density at radius 2 is 2.00 bits per heavy atom. The fourth-order valence-electron chi connectivity index (χ4n) is 2.83. The van der Waals surface area contributed by atoms with Gasteiger partial charge in [-0.2, -0.15) is 5.26 Å². The van der Waals surface area contributed by atoms with E-state index in [0.29, 0.717) is 11.3 Å². The summed E-state index contributed by atoms with van der Waals surface area (Å²) in [6, 6.07) is 2.36. The minimum absolute atomic E-state index is 0.451. The molecule has 17 heavy (non-hydrogen) atoms. The maximum atomic E-state index is 9.27. The lowest BCUT2D eigenvalue weighted by Gasteiger charge is -2.41. The van der Waals surface area contributed by atoms with Crippen molar-refractivity contribution in [2.45, 2.75) is 51.5 Å². The molecule has 1 heterocycles. The van der Waals surface area contributed by atoms with Gasteiger partial charge in [0.15, 0.2) is 0 Å². The highest BCUT2D eigenvalue weighted by molar-refractivity contribution is 5.15. The van der Waals surface area contributed by atoms with Gasteiger partial charge >= 0.3 is 0 Å². The van der Waals surface area contributed by atoms with Gasteiger partial charge < -0.3 is 10.6 Å². The highest BCUT2D eigenvalue weighted by atomic mass is 15.2. The Hall–Kier alpha value is -0.590. The van der Waals surface area contributed by atoms with Gasteiger partial charge in [-0.1, -0.05) is 20.3 Å². The van der Waals surface area contributed by atoms with E-state index in [2.05, 4.69) is 24.8 Å². The van der Waals surface area contributed by atoms with E-state index in [0.717, 1.165) is 32.5 Å². The summed E-state index contributed by atoms with van der Waals surface area (Å²) in [6.45, 7) is 7.65. The van der Waals surface area contributed by atoms with E-state index in [1.54, 1.807) is 0 Å². The lowest BCUT2D eigenvalue weighted by atomic mass is 9.78. The number of likely N-dealkylation sites (tertiary alicyclic amines) is 1. The molecule has 2 fully saturated rings. The van der Waals surface area contributed by atoms with Crippen LogP contribution in [0.5, 0.6) is 0 Å². The largest absolute Gasteiger partial charge is 0.312 e. The lowest BCUT2D eigenvalue weighted by molar-refractivity contribution is 0.0994. The second kappa shape index (κ2) is 4.59. The number of hydrogen-bond donors (Lipinski definition) is 1. The Morgan fingerprint density at radius 3 is 2.41 bits per heavy atom. The number of piperidine rings is 1. The van der Waals surface area contributed by atoms with Gasteiger partial charge in [0.1, 0.15) is 5.54 Å². The summed E-state index contributed by atoms with van der Waals surface area (Å²) in [5.74, 6) is 0.451. The smallest absolute Gasteiger partial charge is 0.119 e. The van der Waals surface area contributed by atoms with Gasteiger partial charge in [0.25, 0.3) is 0 Å². The van der Waals surface area contributed by atoms with E-state index in [9.17, 15) is 5.26 Å². The van der Waals surface area contributed by atoms with E-state index >= 15 is 0 Å². The minimum atomic E-state index is -0.583. The van der Waals surface area contributed by atoms with E-state index in [1.807, 2.05) is 0 Å². The molecule has 0 amide bonds. The Kier molecular flexibility index (Phi) is 3.47. The van der Waals surface area contributed by atoms with Crippen molar-refractivity contribution in [1.29, 1.82) is 5.26 Å². The first-order chi connectivity index (χ1) is 8.01. The number of nitrogens with two attached hydrogens (primary N) is 1. The second-order valence-electron chi connectivity index (χ2n) is 6.37. The molecular weight excluding hydrogens is 210 g/mol. The van der Waals surface area contributed by atoms with Crippen LogP contribution in [0.3, 0.4) is 0 Å². The summed E-state index contributed by atoms with van der Waals surface area (Å²) in [5.41, 5.74) is 6.16. The molecule has 0 radical (unpaired) electrons. The maximum Gasteiger partial charge on any atom is 0.119 e. The first-order valence-electron chi connectivity index (χ1n) is 6.94. The fraction of sp³-hybridized carbons (Fsp3) is 0.929. The monoisotopic (exact) mass is 235 g/mol. The molecule has 2 aliphatic rings. The SMILES string of the molecule is CCC1(C)CCN(CC(N)(C#N)C2CC2)CC1. The quantitative estimate of drug-likeness (QED) is 0.812. The summed E-state index contributed by atoms with van der Waals surface area (Å²) < 4.78 is 0. The van der Waals surface area contributed by atoms with Gasteiger partial charge in [-0.25, -0.2) is 0 Å². The van der Waals surface area contributed by atoms with Crippen LogP contribution in [0.1, 0.15) is 46.0 Å². The summed E-state index contributed by atoms with van der Waals surface area (Å²) >= 11 is 0. The van der Waals surface area contributed by atoms with Gasteiger partial charge in [0, 0.05) is 6.54 Å². The molecule has 96 valence electrons. The number of hydrogen-bond acceptors (Lipinski definition) is 3. The molecule has 3 heteroatoms. The van der Waals surface area contributed by atoms with Crippen molar-refractivity contribution in [3.05, 3.63) is 0 Å². The van der Waals surface area contributed by atoms with Crippen molar-refractivity contribution >= 4 is 0 Å². The van der Waals surface area contributed by atoms with Gasteiger partial charge in [-0.3, -0.25) is 0 Å². The first kappa shape index (κ1) is 12.9. The van der Waals surface area contributed by atoms with Crippen molar-refractivity contribution in [2.75, 3.05) is 19.6 Å². The molecule has 1 unspecified atom stereocenters. The van der Waals surface area contributed by atoms with E-state index in [-0.39, 0.29) is 0 Å². The molecule has 0 spiro atoms.